The van der Waals surface area contributed by atoms with Crippen LogP contribution < -0.4 is 11.1 Å². The number of anilines is 2. The number of benzene rings is 1. The van der Waals surface area contributed by atoms with Gasteiger partial charge in [-0.05, 0) is 19.1 Å². The van der Waals surface area contributed by atoms with Gasteiger partial charge in [0, 0.05) is 18.1 Å². The topological polar surface area (TPSA) is 80.9 Å². The number of aromatic nitrogens is 2. The molecular weight excluding hydrogens is 260 g/mol. The SMILES string of the molecule is Cc1ccc(NC(=O)CSc2nccnc2N)cc1. The van der Waals surface area contributed by atoms with Crippen LogP contribution >= 0.6 is 11.8 Å². The number of nitrogens with two attached hydrogens (primary N) is 1. The molecule has 1 aromatic heterocycles. The molecule has 6 heteroatoms. The van der Waals surface area contributed by atoms with E-state index in [1.54, 1.807) is 6.20 Å². The van der Waals surface area contributed by atoms with Gasteiger partial charge in [0.05, 0.1) is 5.75 Å². The van der Waals surface area contributed by atoms with E-state index in [-0.39, 0.29) is 11.7 Å². The quantitative estimate of drug-likeness (QED) is 0.834. The minimum Gasteiger partial charge on any atom is -0.381 e. The third-order valence-electron chi connectivity index (χ3n) is 2.37. The second-order valence-corrected chi connectivity index (χ2v) is 4.91. The normalized spacial score (nSPS) is 10.2. The van der Waals surface area contributed by atoms with Crippen molar-refractivity contribution in [1.29, 1.82) is 0 Å². The molecule has 19 heavy (non-hydrogen) atoms. The molecule has 0 unspecified atom stereocenters. The molecular formula is C13H14N4OS. The van der Waals surface area contributed by atoms with Gasteiger partial charge in [0.15, 0.2) is 5.82 Å². The molecule has 0 bridgehead atoms. The van der Waals surface area contributed by atoms with Gasteiger partial charge >= 0.3 is 0 Å². The summed E-state index contributed by atoms with van der Waals surface area (Å²) in [5.41, 5.74) is 7.58. The molecule has 1 amide bonds. The van der Waals surface area contributed by atoms with Crippen LogP contribution in [-0.2, 0) is 4.79 Å². The molecule has 2 aromatic rings. The Balaban J connectivity index is 1.88. The van der Waals surface area contributed by atoms with Gasteiger partial charge in [0.2, 0.25) is 5.91 Å². The monoisotopic (exact) mass is 274 g/mol. The average Bonchev–Trinajstić information content (AvgIpc) is 2.40. The highest BCUT2D eigenvalue weighted by atomic mass is 32.2. The van der Waals surface area contributed by atoms with Crippen LogP contribution in [0.1, 0.15) is 5.56 Å². The molecule has 5 nitrogen and oxygen atoms in total. The summed E-state index contributed by atoms with van der Waals surface area (Å²) in [6, 6.07) is 7.63. The number of amides is 1. The number of hydrogen-bond acceptors (Lipinski definition) is 5. The Labute approximate surface area is 115 Å². The molecule has 0 aliphatic carbocycles. The lowest BCUT2D eigenvalue weighted by Gasteiger charge is -2.05. The highest BCUT2D eigenvalue weighted by Crippen LogP contribution is 2.19. The van der Waals surface area contributed by atoms with Gasteiger partial charge < -0.3 is 11.1 Å². The molecule has 0 saturated heterocycles. The number of nitrogens with one attached hydrogen (secondary N) is 1. The number of carbonyl (C=O) groups is 1. The summed E-state index contributed by atoms with van der Waals surface area (Å²) in [5, 5.41) is 3.38. The Morgan fingerprint density at radius 2 is 1.95 bits per heavy atom. The number of nitrogen functional groups attached to an aromatic ring is 1. The van der Waals surface area contributed by atoms with Gasteiger partial charge in [-0.25, -0.2) is 9.97 Å². The van der Waals surface area contributed by atoms with Gasteiger partial charge in [-0.1, -0.05) is 29.5 Å². The van der Waals surface area contributed by atoms with Gasteiger partial charge in [0.1, 0.15) is 5.03 Å². The van der Waals surface area contributed by atoms with Crippen molar-refractivity contribution in [2.24, 2.45) is 0 Å². The van der Waals surface area contributed by atoms with Crippen molar-refractivity contribution in [3.63, 3.8) is 0 Å². The minimum atomic E-state index is -0.0982. The first-order valence-corrected chi connectivity index (χ1v) is 6.69. The van der Waals surface area contributed by atoms with Crippen molar-refractivity contribution in [2.45, 2.75) is 11.9 Å². The van der Waals surface area contributed by atoms with Crippen LogP contribution in [0.2, 0.25) is 0 Å². The first-order valence-electron chi connectivity index (χ1n) is 5.71. The van der Waals surface area contributed by atoms with E-state index in [0.717, 1.165) is 11.3 Å². The van der Waals surface area contributed by atoms with Crippen LogP contribution in [0.5, 0.6) is 0 Å². The largest absolute Gasteiger partial charge is 0.381 e. The van der Waals surface area contributed by atoms with Gasteiger partial charge in [0.25, 0.3) is 0 Å². The second kappa shape index (κ2) is 6.19. The maximum Gasteiger partial charge on any atom is 0.234 e. The number of rotatable bonds is 4. The van der Waals surface area contributed by atoms with E-state index in [0.29, 0.717) is 10.8 Å². The van der Waals surface area contributed by atoms with E-state index < -0.39 is 0 Å². The van der Waals surface area contributed by atoms with Crippen LogP contribution in [0, 0.1) is 6.92 Å². The van der Waals surface area contributed by atoms with E-state index in [1.807, 2.05) is 31.2 Å². The maximum absolute atomic E-state index is 11.8. The van der Waals surface area contributed by atoms with Crippen LogP contribution in [0.3, 0.4) is 0 Å². The number of hydrogen-bond donors (Lipinski definition) is 2. The van der Waals surface area contributed by atoms with Gasteiger partial charge in [-0.2, -0.15) is 0 Å². The first kappa shape index (κ1) is 13.4. The molecule has 0 aliphatic rings. The first-order chi connectivity index (χ1) is 9.15. The average molecular weight is 274 g/mol. The van der Waals surface area contributed by atoms with E-state index >= 15 is 0 Å². The number of nitrogens with zero attached hydrogens (tertiary/aromatic N) is 2. The Bertz CT molecular complexity index is 571. The fraction of sp³-hybridized carbons (Fsp3) is 0.154. The van der Waals surface area contributed by atoms with Crippen molar-refractivity contribution < 1.29 is 4.79 Å². The highest BCUT2D eigenvalue weighted by molar-refractivity contribution is 8.00. The number of aryl methyl sites for hydroxylation is 1. The van der Waals surface area contributed by atoms with Crippen molar-refractivity contribution >= 4 is 29.2 Å². The fourth-order valence-corrected chi connectivity index (χ4v) is 2.09. The summed E-state index contributed by atoms with van der Waals surface area (Å²) in [6.07, 6.45) is 3.07. The van der Waals surface area contributed by atoms with E-state index in [2.05, 4.69) is 15.3 Å². The lowest BCUT2D eigenvalue weighted by molar-refractivity contribution is -0.113. The summed E-state index contributed by atoms with van der Waals surface area (Å²) >= 11 is 1.27. The van der Waals surface area contributed by atoms with Crippen LogP contribution in [0.25, 0.3) is 0 Å². The smallest absolute Gasteiger partial charge is 0.234 e. The molecule has 0 fully saturated rings. The van der Waals surface area contributed by atoms with Crippen molar-refractivity contribution in [3.05, 3.63) is 42.2 Å². The fourth-order valence-electron chi connectivity index (χ4n) is 1.42. The highest BCUT2D eigenvalue weighted by Gasteiger charge is 2.07. The van der Waals surface area contributed by atoms with Gasteiger partial charge in [-0.15, -0.1) is 0 Å². The minimum absolute atomic E-state index is 0.0982. The summed E-state index contributed by atoms with van der Waals surface area (Å²) < 4.78 is 0. The lowest BCUT2D eigenvalue weighted by Crippen LogP contribution is -2.14. The number of carbonyl (C=O) groups excluding carboxylic acids is 1. The Morgan fingerprint density at radius 3 is 2.63 bits per heavy atom. The van der Waals surface area contributed by atoms with Gasteiger partial charge in [-0.3, -0.25) is 4.79 Å². The zero-order valence-electron chi connectivity index (χ0n) is 10.5. The predicted octanol–water partition coefficient (Wildman–Crippen LogP) is 2.10. The van der Waals surface area contributed by atoms with Crippen LogP contribution in [-0.4, -0.2) is 21.6 Å². The van der Waals surface area contributed by atoms with Crippen molar-refractivity contribution in [3.8, 4) is 0 Å². The Morgan fingerprint density at radius 1 is 1.26 bits per heavy atom. The predicted molar refractivity (Wildman–Crippen MR) is 77.0 cm³/mol. The zero-order chi connectivity index (χ0) is 13.7. The van der Waals surface area contributed by atoms with E-state index in [1.165, 1.54) is 18.0 Å². The molecule has 98 valence electrons. The summed E-state index contributed by atoms with van der Waals surface area (Å²) in [7, 11) is 0. The molecule has 0 aliphatic heterocycles. The van der Waals surface area contributed by atoms with E-state index in [9.17, 15) is 4.79 Å². The molecule has 0 atom stereocenters. The van der Waals surface area contributed by atoms with Crippen molar-refractivity contribution in [1.82, 2.24) is 9.97 Å². The lowest BCUT2D eigenvalue weighted by atomic mass is 10.2. The third-order valence-corrected chi connectivity index (χ3v) is 3.36. The molecule has 0 radical (unpaired) electrons. The maximum atomic E-state index is 11.8. The van der Waals surface area contributed by atoms with Crippen LogP contribution in [0.15, 0.2) is 41.7 Å². The zero-order valence-corrected chi connectivity index (χ0v) is 11.3. The van der Waals surface area contributed by atoms with Crippen LogP contribution in [0.4, 0.5) is 11.5 Å². The summed E-state index contributed by atoms with van der Waals surface area (Å²) in [6.45, 7) is 2.00. The Hall–Kier alpha value is -2.08. The molecule has 3 N–H and O–H groups in total. The third kappa shape index (κ3) is 3.96. The second-order valence-electron chi connectivity index (χ2n) is 3.95. The van der Waals surface area contributed by atoms with Crippen molar-refractivity contribution in [2.75, 3.05) is 16.8 Å². The Kier molecular flexibility index (Phi) is 4.35. The standard InChI is InChI=1S/C13H14N4OS/c1-9-2-4-10(5-3-9)17-11(18)8-19-13-12(14)15-6-7-16-13/h2-7H,8H2,1H3,(H2,14,15)(H,17,18). The molecule has 0 spiro atoms. The molecule has 2 rings (SSSR count). The molecule has 0 saturated carbocycles. The molecule has 1 heterocycles. The summed E-state index contributed by atoms with van der Waals surface area (Å²) in [5.74, 6) is 0.492. The number of thioether (sulfide) groups is 1. The van der Waals surface area contributed by atoms with E-state index in [4.69, 9.17) is 5.73 Å². The molecule has 1 aromatic carbocycles. The summed E-state index contributed by atoms with van der Waals surface area (Å²) in [4.78, 5) is 19.7.